The van der Waals surface area contributed by atoms with Gasteiger partial charge in [-0.05, 0) is 19.1 Å². The topological polar surface area (TPSA) is 73.6 Å². The first-order valence-corrected chi connectivity index (χ1v) is 7.11. The number of hydrogen-bond acceptors (Lipinski definition) is 5. The Hall–Kier alpha value is -2.05. The lowest BCUT2D eigenvalue weighted by Crippen LogP contribution is -2.28. The van der Waals surface area contributed by atoms with Crippen molar-refractivity contribution in [1.82, 2.24) is 10.5 Å². The van der Waals surface area contributed by atoms with Gasteiger partial charge >= 0.3 is 0 Å². The maximum Gasteiger partial charge on any atom is 0.273 e. The quantitative estimate of drug-likeness (QED) is 0.792. The van der Waals surface area contributed by atoms with Crippen molar-refractivity contribution in [2.45, 2.75) is 13.5 Å². The van der Waals surface area contributed by atoms with E-state index in [1.165, 1.54) is 0 Å². The molecule has 0 aliphatic heterocycles. The predicted molar refractivity (Wildman–Crippen MR) is 81.2 cm³/mol. The van der Waals surface area contributed by atoms with Crippen LogP contribution in [0.4, 0.5) is 0 Å². The first-order chi connectivity index (χ1) is 10.6. The molecule has 0 atom stereocenters. The number of hydrogen-bond donors (Lipinski definition) is 1. The lowest BCUT2D eigenvalue weighted by Gasteiger charge is -2.08. The Morgan fingerprint density at radius 1 is 1.41 bits per heavy atom. The van der Waals surface area contributed by atoms with Crippen LogP contribution < -0.4 is 10.1 Å². The van der Waals surface area contributed by atoms with Crippen LogP contribution in [-0.4, -0.2) is 31.3 Å². The van der Waals surface area contributed by atoms with E-state index in [1.54, 1.807) is 26.2 Å². The number of carbonyl (C=O) groups excluding carboxylic acids is 1. The summed E-state index contributed by atoms with van der Waals surface area (Å²) in [6, 6.07) is 7.12. The van der Waals surface area contributed by atoms with Gasteiger partial charge in [0.15, 0.2) is 5.69 Å². The number of benzene rings is 1. The summed E-state index contributed by atoms with van der Waals surface area (Å²) in [5.41, 5.74) is 0.801. The molecule has 0 fully saturated rings. The highest BCUT2D eigenvalue weighted by molar-refractivity contribution is 6.32. The number of rotatable bonds is 7. The number of halogens is 1. The largest absolute Gasteiger partial charge is 0.487 e. The summed E-state index contributed by atoms with van der Waals surface area (Å²) in [6.07, 6.45) is 0. The summed E-state index contributed by atoms with van der Waals surface area (Å²) in [6.45, 7) is 2.69. The molecule has 0 radical (unpaired) electrons. The highest BCUT2D eigenvalue weighted by Crippen LogP contribution is 2.25. The minimum absolute atomic E-state index is 0.145. The van der Waals surface area contributed by atoms with Crippen LogP contribution in [0.25, 0.3) is 0 Å². The van der Waals surface area contributed by atoms with E-state index in [2.05, 4.69) is 10.5 Å². The highest BCUT2D eigenvalue weighted by atomic mass is 35.5. The number of methoxy groups -OCH3 is 1. The van der Waals surface area contributed by atoms with Gasteiger partial charge in [-0.25, -0.2) is 0 Å². The second kappa shape index (κ2) is 7.82. The minimum Gasteiger partial charge on any atom is -0.487 e. The van der Waals surface area contributed by atoms with E-state index >= 15 is 0 Å². The summed E-state index contributed by atoms with van der Waals surface area (Å²) >= 11 is 6.03. The molecule has 0 aliphatic rings. The maximum absolute atomic E-state index is 12.1. The molecule has 2 aromatic rings. The summed E-state index contributed by atoms with van der Waals surface area (Å²) in [5, 5.41) is 6.99. The molecule has 0 aliphatic carbocycles. The van der Waals surface area contributed by atoms with Gasteiger partial charge in [-0.1, -0.05) is 28.9 Å². The number of aryl methyl sites for hydroxylation is 1. The molecule has 1 N–H and O–H groups in total. The van der Waals surface area contributed by atoms with Gasteiger partial charge < -0.3 is 19.3 Å². The molecule has 1 aromatic carbocycles. The van der Waals surface area contributed by atoms with Crippen molar-refractivity contribution < 1.29 is 18.8 Å². The Bertz CT molecular complexity index is 642. The highest BCUT2D eigenvalue weighted by Gasteiger charge is 2.20. The van der Waals surface area contributed by atoms with Crippen LogP contribution in [0.2, 0.25) is 5.02 Å². The van der Waals surface area contributed by atoms with Gasteiger partial charge in [0.05, 0.1) is 17.2 Å². The monoisotopic (exact) mass is 324 g/mol. The van der Waals surface area contributed by atoms with Crippen molar-refractivity contribution in [3.63, 3.8) is 0 Å². The van der Waals surface area contributed by atoms with E-state index in [4.69, 9.17) is 25.6 Å². The molecule has 6 nitrogen and oxygen atoms in total. The van der Waals surface area contributed by atoms with Gasteiger partial charge in [-0.3, -0.25) is 4.79 Å². The molecule has 1 heterocycles. The van der Waals surface area contributed by atoms with Crippen LogP contribution in [-0.2, 0) is 11.3 Å². The molecule has 2 rings (SSSR count). The van der Waals surface area contributed by atoms with Crippen LogP contribution in [0.1, 0.15) is 21.8 Å². The Morgan fingerprint density at radius 2 is 2.18 bits per heavy atom. The number of para-hydroxylation sites is 1. The Morgan fingerprint density at radius 3 is 2.91 bits per heavy atom. The second-order valence-corrected chi connectivity index (χ2v) is 4.94. The smallest absolute Gasteiger partial charge is 0.273 e. The maximum atomic E-state index is 12.1. The molecule has 0 saturated heterocycles. The Balaban J connectivity index is 2.06. The van der Waals surface area contributed by atoms with Gasteiger partial charge in [0.2, 0.25) is 0 Å². The van der Waals surface area contributed by atoms with Crippen LogP contribution in [0.5, 0.6) is 5.75 Å². The summed E-state index contributed by atoms with van der Waals surface area (Å²) in [5.74, 6) is 0.742. The zero-order chi connectivity index (χ0) is 15.9. The summed E-state index contributed by atoms with van der Waals surface area (Å²) in [4.78, 5) is 12.1. The van der Waals surface area contributed by atoms with Crippen LogP contribution >= 0.6 is 11.6 Å². The number of aromatic nitrogens is 1. The normalized spacial score (nSPS) is 10.5. The fraction of sp³-hybridized carbons (Fsp3) is 0.333. The van der Waals surface area contributed by atoms with Gasteiger partial charge in [-0.15, -0.1) is 0 Å². The molecule has 0 saturated carbocycles. The number of nitrogens with zero attached hydrogens (tertiary/aromatic N) is 1. The molecule has 22 heavy (non-hydrogen) atoms. The van der Waals surface area contributed by atoms with E-state index in [1.807, 2.05) is 12.1 Å². The molecule has 0 unspecified atom stereocenters. The van der Waals surface area contributed by atoms with Crippen molar-refractivity contribution >= 4 is 17.5 Å². The Labute approximate surface area is 133 Å². The lowest BCUT2D eigenvalue weighted by molar-refractivity contribution is 0.0926. The number of ether oxygens (including phenoxy) is 2. The van der Waals surface area contributed by atoms with E-state index in [9.17, 15) is 4.79 Å². The van der Waals surface area contributed by atoms with Gasteiger partial charge in [0.25, 0.3) is 5.91 Å². The first-order valence-electron chi connectivity index (χ1n) is 6.73. The SMILES string of the molecule is COCCNC(=O)c1noc(C)c1COc1ccccc1Cl. The molecule has 118 valence electrons. The summed E-state index contributed by atoms with van der Waals surface area (Å²) < 4.78 is 15.6. The van der Waals surface area contributed by atoms with E-state index in [-0.39, 0.29) is 18.2 Å². The molecular weight excluding hydrogens is 308 g/mol. The number of carbonyl (C=O) groups is 1. The van der Waals surface area contributed by atoms with Gasteiger partial charge in [0, 0.05) is 13.7 Å². The average molecular weight is 325 g/mol. The minimum atomic E-state index is -0.327. The summed E-state index contributed by atoms with van der Waals surface area (Å²) in [7, 11) is 1.56. The van der Waals surface area contributed by atoms with Gasteiger partial charge in [-0.2, -0.15) is 0 Å². The van der Waals surface area contributed by atoms with Crippen molar-refractivity contribution in [1.29, 1.82) is 0 Å². The fourth-order valence-electron chi connectivity index (χ4n) is 1.80. The molecule has 0 spiro atoms. The van der Waals surface area contributed by atoms with E-state index in [0.29, 0.717) is 35.2 Å². The molecule has 1 amide bonds. The molecular formula is C15H17ClN2O4. The fourth-order valence-corrected chi connectivity index (χ4v) is 1.99. The third-order valence-electron chi connectivity index (χ3n) is 3.00. The van der Waals surface area contributed by atoms with Crippen molar-refractivity contribution in [3.8, 4) is 5.75 Å². The Kier molecular flexibility index (Phi) is 5.80. The van der Waals surface area contributed by atoms with Crippen molar-refractivity contribution in [2.75, 3.05) is 20.3 Å². The van der Waals surface area contributed by atoms with Crippen molar-refractivity contribution in [2.24, 2.45) is 0 Å². The predicted octanol–water partition coefficient (Wildman–Crippen LogP) is 2.59. The molecule has 0 bridgehead atoms. The molecule has 7 heteroatoms. The zero-order valence-corrected chi connectivity index (χ0v) is 13.1. The molecule has 1 aromatic heterocycles. The van der Waals surface area contributed by atoms with E-state index in [0.717, 1.165) is 0 Å². The van der Waals surface area contributed by atoms with Crippen LogP contribution in [0.3, 0.4) is 0 Å². The van der Waals surface area contributed by atoms with Gasteiger partial charge in [0.1, 0.15) is 18.1 Å². The average Bonchev–Trinajstić information content (AvgIpc) is 2.88. The number of amides is 1. The lowest BCUT2D eigenvalue weighted by atomic mass is 10.2. The third kappa shape index (κ3) is 3.99. The van der Waals surface area contributed by atoms with Crippen LogP contribution in [0.15, 0.2) is 28.8 Å². The zero-order valence-electron chi connectivity index (χ0n) is 12.4. The number of nitrogens with one attached hydrogen (secondary N) is 1. The van der Waals surface area contributed by atoms with E-state index < -0.39 is 0 Å². The third-order valence-corrected chi connectivity index (χ3v) is 3.31. The second-order valence-electron chi connectivity index (χ2n) is 4.53. The first kappa shape index (κ1) is 16.3. The van der Waals surface area contributed by atoms with Crippen LogP contribution in [0, 0.1) is 6.92 Å². The standard InChI is InChI=1S/C15H17ClN2O4/c1-10-11(9-21-13-6-4-3-5-12(13)16)14(18-22-10)15(19)17-7-8-20-2/h3-6H,7-9H2,1-2H3,(H,17,19). The van der Waals surface area contributed by atoms with Crippen molar-refractivity contribution in [3.05, 3.63) is 46.3 Å².